The number of ether oxygens (including phenoxy) is 1. The molecule has 3 nitrogen and oxygen atoms in total. The molecule has 0 aliphatic carbocycles. The van der Waals surface area contributed by atoms with Crippen LogP contribution in [-0.2, 0) is 9.53 Å². The Morgan fingerprint density at radius 1 is 1.32 bits per heavy atom. The van der Waals surface area contributed by atoms with Crippen LogP contribution >= 0.6 is 0 Å². The molecule has 0 saturated carbocycles. The van der Waals surface area contributed by atoms with Crippen molar-refractivity contribution in [3.05, 3.63) is 35.9 Å². The quantitative estimate of drug-likeness (QED) is 0.847. The molecule has 3 atom stereocenters. The van der Waals surface area contributed by atoms with Gasteiger partial charge in [0.25, 0.3) is 0 Å². The maximum absolute atomic E-state index is 12.1. The zero-order chi connectivity index (χ0) is 13.7. The van der Waals surface area contributed by atoms with Gasteiger partial charge in [-0.15, -0.1) is 0 Å². The Bertz CT molecular complexity index is 404. The van der Waals surface area contributed by atoms with Crippen molar-refractivity contribution in [2.24, 2.45) is 11.8 Å². The van der Waals surface area contributed by atoms with E-state index in [2.05, 4.69) is 36.5 Å². The van der Waals surface area contributed by atoms with E-state index in [-0.39, 0.29) is 17.9 Å². The predicted octanol–water partition coefficient (Wildman–Crippen LogP) is 2.93. The molecule has 0 unspecified atom stereocenters. The summed E-state index contributed by atoms with van der Waals surface area (Å²) in [6, 6.07) is 10.7. The van der Waals surface area contributed by atoms with Crippen LogP contribution in [0.15, 0.2) is 30.3 Å². The van der Waals surface area contributed by atoms with E-state index in [9.17, 15) is 4.79 Å². The van der Waals surface area contributed by atoms with E-state index in [1.165, 1.54) is 5.56 Å². The number of piperidine rings is 1. The van der Waals surface area contributed by atoms with Gasteiger partial charge in [0.15, 0.2) is 0 Å². The Morgan fingerprint density at radius 2 is 2.05 bits per heavy atom. The fraction of sp³-hybridized carbons (Fsp3) is 0.562. The third-order valence-corrected chi connectivity index (χ3v) is 3.98. The number of carbonyl (C=O) groups excluding carboxylic acids is 1. The number of nitrogens with one attached hydrogen (secondary N) is 1. The average molecular weight is 261 g/mol. The van der Waals surface area contributed by atoms with Crippen molar-refractivity contribution >= 4 is 5.97 Å². The van der Waals surface area contributed by atoms with Crippen LogP contribution in [0.4, 0.5) is 0 Å². The Labute approximate surface area is 115 Å². The standard InChI is InChI=1S/C16H23NO2/c1-3-13-14(16(18)19-4-2)10-11-17-15(13)12-8-6-5-7-9-12/h5-9,13-15,17H,3-4,10-11H2,1-2H3/t13-,14+,15+/m0/s1. The minimum Gasteiger partial charge on any atom is -0.466 e. The summed E-state index contributed by atoms with van der Waals surface area (Å²) in [6.45, 7) is 5.36. The SMILES string of the molecule is CCOC(=O)[C@@H]1CCN[C@H](c2ccccc2)[C@H]1CC. The highest BCUT2D eigenvalue weighted by molar-refractivity contribution is 5.73. The summed E-state index contributed by atoms with van der Waals surface area (Å²) in [4.78, 5) is 12.1. The van der Waals surface area contributed by atoms with E-state index in [0.29, 0.717) is 12.5 Å². The van der Waals surface area contributed by atoms with Crippen LogP contribution in [-0.4, -0.2) is 19.1 Å². The molecule has 1 heterocycles. The first-order valence-corrected chi connectivity index (χ1v) is 7.22. The van der Waals surface area contributed by atoms with Gasteiger partial charge in [-0.25, -0.2) is 0 Å². The molecule has 1 aliphatic heterocycles. The Kier molecular flexibility index (Phi) is 4.97. The molecule has 1 saturated heterocycles. The van der Waals surface area contributed by atoms with Gasteiger partial charge in [0.05, 0.1) is 12.5 Å². The molecular formula is C16H23NO2. The summed E-state index contributed by atoms with van der Waals surface area (Å²) in [5, 5.41) is 3.56. The summed E-state index contributed by atoms with van der Waals surface area (Å²) in [6.07, 6.45) is 1.86. The molecule has 1 fully saturated rings. The third-order valence-electron chi connectivity index (χ3n) is 3.98. The minimum atomic E-state index is -0.0308. The van der Waals surface area contributed by atoms with Gasteiger partial charge in [0.2, 0.25) is 0 Å². The number of rotatable bonds is 4. The van der Waals surface area contributed by atoms with Gasteiger partial charge in [0.1, 0.15) is 0 Å². The average Bonchev–Trinajstić information content (AvgIpc) is 2.47. The molecule has 3 heteroatoms. The lowest BCUT2D eigenvalue weighted by Gasteiger charge is -2.37. The fourth-order valence-electron chi connectivity index (χ4n) is 3.08. The molecule has 2 rings (SSSR count). The molecule has 19 heavy (non-hydrogen) atoms. The second kappa shape index (κ2) is 6.71. The lowest BCUT2D eigenvalue weighted by Crippen LogP contribution is -2.43. The van der Waals surface area contributed by atoms with E-state index >= 15 is 0 Å². The van der Waals surface area contributed by atoms with Crippen molar-refractivity contribution in [3.63, 3.8) is 0 Å². The van der Waals surface area contributed by atoms with Gasteiger partial charge in [-0.3, -0.25) is 4.79 Å². The molecule has 0 amide bonds. The minimum absolute atomic E-state index is 0.0245. The lowest BCUT2D eigenvalue weighted by molar-refractivity contribution is -0.151. The Morgan fingerprint density at radius 3 is 2.68 bits per heavy atom. The second-order valence-corrected chi connectivity index (χ2v) is 5.06. The number of hydrogen-bond acceptors (Lipinski definition) is 3. The van der Waals surface area contributed by atoms with E-state index in [1.807, 2.05) is 13.0 Å². The normalized spacial score (nSPS) is 26.9. The third kappa shape index (κ3) is 3.16. The van der Waals surface area contributed by atoms with E-state index in [1.54, 1.807) is 0 Å². The predicted molar refractivity (Wildman–Crippen MR) is 75.7 cm³/mol. The van der Waals surface area contributed by atoms with Crippen molar-refractivity contribution in [1.29, 1.82) is 0 Å². The maximum Gasteiger partial charge on any atom is 0.309 e. The van der Waals surface area contributed by atoms with Crippen LogP contribution in [0.1, 0.15) is 38.3 Å². The molecule has 1 aromatic carbocycles. The lowest BCUT2D eigenvalue weighted by atomic mass is 9.76. The van der Waals surface area contributed by atoms with Crippen LogP contribution in [0, 0.1) is 11.8 Å². The van der Waals surface area contributed by atoms with Crippen LogP contribution < -0.4 is 5.32 Å². The van der Waals surface area contributed by atoms with E-state index in [0.717, 1.165) is 19.4 Å². The van der Waals surface area contributed by atoms with Gasteiger partial charge >= 0.3 is 5.97 Å². The Balaban J connectivity index is 2.18. The number of esters is 1. The molecular weight excluding hydrogens is 238 g/mol. The fourth-order valence-corrected chi connectivity index (χ4v) is 3.08. The first-order chi connectivity index (χ1) is 9.27. The molecule has 0 aromatic heterocycles. The topological polar surface area (TPSA) is 38.3 Å². The summed E-state index contributed by atoms with van der Waals surface area (Å²) in [5.41, 5.74) is 1.27. The number of hydrogen-bond donors (Lipinski definition) is 1. The van der Waals surface area contributed by atoms with Gasteiger partial charge in [-0.2, -0.15) is 0 Å². The summed E-state index contributed by atoms with van der Waals surface area (Å²) >= 11 is 0. The van der Waals surface area contributed by atoms with Crippen molar-refractivity contribution in [3.8, 4) is 0 Å². The summed E-state index contributed by atoms with van der Waals surface area (Å²) < 4.78 is 5.23. The van der Waals surface area contributed by atoms with Gasteiger partial charge in [-0.05, 0) is 31.4 Å². The number of carbonyl (C=O) groups is 1. The number of benzene rings is 1. The highest BCUT2D eigenvalue weighted by atomic mass is 16.5. The molecule has 1 N–H and O–H groups in total. The highest BCUT2D eigenvalue weighted by Gasteiger charge is 2.37. The highest BCUT2D eigenvalue weighted by Crippen LogP contribution is 2.36. The van der Waals surface area contributed by atoms with Gasteiger partial charge < -0.3 is 10.1 Å². The Hall–Kier alpha value is -1.35. The van der Waals surface area contributed by atoms with E-state index in [4.69, 9.17) is 4.74 Å². The van der Waals surface area contributed by atoms with Crippen molar-refractivity contribution < 1.29 is 9.53 Å². The maximum atomic E-state index is 12.1. The van der Waals surface area contributed by atoms with E-state index < -0.39 is 0 Å². The first kappa shape index (κ1) is 14.1. The van der Waals surface area contributed by atoms with Gasteiger partial charge in [0, 0.05) is 6.04 Å². The van der Waals surface area contributed by atoms with Crippen LogP contribution in [0.2, 0.25) is 0 Å². The zero-order valence-corrected chi connectivity index (χ0v) is 11.8. The molecule has 0 spiro atoms. The molecule has 1 aromatic rings. The summed E-state index contributed by atoms with van der Waals surface area (Å²) in [5.74, 6) is 0.309. The smallest absolute Gasteiger partial charge is 0.309 e. The molecule has 1 aliphatic rings. The molecule has 104 valence electrons. The van der Waals surface area contributed by atoms with Crippen molar-refractivity contribution in [2.45, 2.75) is 32.7 Å². The zero-order valence-electron chi connectivity index (χ0n) is 11.8. The molecule has 0 bridgehead atoms. The molecule has 0 radical (unpaired) electrons. The largest absolute Gasteiger partial charge is 0.466 e. The van der Waals surface area contributed by atoms with Crippen LogP contribution in [0.5, 0.6) is 0 Å². The second-order valence-electron chi connectivity index (χ2n) is 5.06. The summed E-state index contributed by atoms with van der Waals surface area (Å²) in [7, 11) is 0. The van der Waals surface area contributed by atoms with Crippen molar-refractivity contribution in [1.82, 2.24) is 5.32 Å². The van der Waals surface area contributed by atoms with Gasteiger partial charge in [-0.1, -0.05) is 43.7 Å². The first-order valence-electron chi connectivity index (χ1n) is 7.22. The van der Waals surface area contributed by atoms with Crippen LogP contribution in [0.3, 0.4) is 0 Å². The monoisotopic (exact) mass is 261 g/mol. The van der Waals surface area contributed by atoms with Crippen molar-refractivity contribution in [2.75, 3.05) is 13.2 Å². The van der Waals surface area contributed by atoms with Crippen LogP contribution in [0.25, 0.3) is 0 Å².